The first kappa shape index (κ1) is 40.7. The van der Waals surface area contributed by atoms with Crippen molar-refractivity contribution in [3.63, 3.8) is 0 Å². The van der Waals surface area contributed by atoms with Gasteiger partial charge in [-0.25, -0.2) is 0 Å². The third-order valence-electron chi connectivity index (χ3n) is 10.4. The van der Waals surface area contributed by atoms with Crippen molar-refractivity contribution in [2.24, 2.45) is 0 Å². The van der Waals surface area contributed by atoms with Crippen LogP contribution in [0.5, 0.6) is 23.0 Å². The van der Waals surface area contributed by atoms with E-state index in [1.54, 1.807) is 33.3 Å². The maximum atomic E-state index is 14.4. The molecule has 0 spiro atoms. The Morgan fingerprint density at radius 1 is 0.533 bits per heavy atom. The van der Waals surface area contributed by atoms with Gasteiger partial charge in [0.2, 0.25) is 0 Å². The van der Waals surface area contributed by atoms with Crippen LogP contribution in [0.15, 0.2) is 157 Å². The van der Waals surface area contributed by atoms with Gasteiger partial charge in [0.15, 0.2) is 6.29 Å². The predicted octanol–water partition coefficient (Wildman–Crippen LogP) is 10.5. The van der Waals surface area contributed by atoms with Crippen molar-refractivity contribution in [1.82, 2.24) is 10.2 Å². The molecule has 0 saturated heterocycles. The van der Waals surface area contributed by atoms with Gasteiger partial charge in [0, 0.05) is 47.2 Å². The van der Waals surface area contributed by atoms with E-state index in [0.717, 1.165) is 74.5 Å². The minimum atomic E-state index is -0.241. The van der Waals surface area contributed by atoms with Crippen molar-refractivity contribution in [3.8, 4) is 23.0 Å². The number of carbonyl (C=O) groups excluding carboxylic acids is 2. The van der Waals surface area contributed by atoms with Crippen molar-refractivity contribution >= 4 is 57.7 Å². The molecule has 0 saturated carbocycles. The molecular formula is C50H48N4O6. The fourth-order valence-electron chi connectivity index (χ4n) is 7.46. The van der Waals surface area contributed by atoms with Crippen molar-refractivity contribution in [2.45, 2.75) is 13.8 Å². The van der Waals surface area contributed by atoms with Crippen molar-refractivity contribution in [3.05, 3.63) is 168 Å². The number of methoxy groups -OCH3 is 4. The van der Waals surface area contributed by atoms with Gasteiger partial charge in [-0.1, -0.05) is 24.3 Å². The smallest absolute Gasteiger partial charge is 0.261 e. The number of hydrogen-bond acceptors (Lipinski definition) is 9. The lowest BCUT2D eigenvalue weighted by Gasteiger charge is -2.26. The molecule has 1 heterocycles. The fraction of sp³-hybridized carbons (Fsp3) is 0.160. The molecule has 10 heteroatoms. The molecule has 1 N–H and O–H groups in total. The van der Waals surface area contributed by atoms with Crippen LogP contribution in [0, 0.1) is 0 Å². The maximum absolute atomic E-state index is 14.4. The van der Waals surface area contributed by atoms with E-state index in [0.29, 0.717) is 35.6 Å². The molecule has 6 aromatic carbocycles. The Bertz CT molecular complexity index is 2380. The molecule has 1 aliphatic heterocycles. The number of aldehydes is 1. The van der Waals surface area contributed by atoms with Crippen LogP contribution in [0.1, 0.15) is 25.0 Å². The van der Waals surface area contributed by atoms with Gasteiger partial charge in [0.05, 0.1) is 51.0 Å². The summed E-state index contributed by atoms with van der Waals surface area (Å²) in [5.41, 5.74) is 8.84. The Balaban J connectivity index is 1.28. The molecule has 0 fully saturated rings. The number of rotatable bonds is 16. The molecule has 60 heavy (non-hydrogen) atoms. The average molecular weight is 801 g/mol. The van der Waals surface area contributed by atoms with Gasteiger partial charge in [-0.3, -0.25) is 9.59 Å². The topological polar surface area (TPSA) is 92.8 Å². The summed E-state index contributed by atoms with van der Waals surface area (Å²) < 4.78 is 21.7. The van der Waals surface area contributed by atoms with E-state index in [1.165, 1.54) is 0 Å². The summed E-state index contributed by atoms with van der Waals surface area (Å²) in [6.45, 7) is 4.80. The highest BCUT2D eigenvalue weighted by molar-refractivity contribution is 6.21. The molecule has 6 aromatic rings. The zero-order valence-corrected chi connectivity index (χ0v) is 34.6. The highest BCUT2D eigenvalue weighted by Gasteiger charge is 2.37. The number of carbonyl (C=O) groups is 2. The van der Waals surface area contributed by atoms with E-state index in [4.69, 9.17) is 18.9 Å². The molecular weight excluding hydrogens is 753 g/mol. The summed E-state index contributed by atoms with van der Waals surface area (Å²) in [6, 6.07) is 47.3. The van der Waals surface area contributed by atoms with E-state index >= 15 is 0 Å². The van der Waals surface area contributed by atoms with E-state index in [2.05, 4.69) is 15.1 Å². The third-order valence-corrected chi connectivity index (χ3v) is 10.4. The zero-order valence-electron chi connectivity index (χ0n) is 34.6. The van der Waals surface area contributed by atoms with Crippen LogP contribution < -0.4 is 34.1 Å². The normalized spacial score (nSPS) is 13.2. The molecule has 0 radical (unpaired) electrons. The quantitative estimate of drug-likeness (QED) is 0.0759. The minimum absolute atomic E-state index is 0.241. The van der Waals surface area contributed by atoms with Crippen LogP contribution in [0.25, 0.3) is 11.4 Å². The molecule has 0 bridgehead atoms. The molecule has 10 nitrogen and oxygen atoms in total. The van der Waals surface area contributed by atoms with E-state index < -0.39 is 0 Å². The van der Waals surface area contributed by atoms with E-state index in [1.807, 2.05) is 159 Å². The number of nitrogens with one attached hydrogen (secondary N) is 1. The first-order valence-corrected chi connectivity index (χ1v) is 19.7. The highest BCUT2D eigenvalue weighted by Crippen LogP contribution is 2.42. The van der Waals surface area contributed by atoms with Gasteiger partial charge >= 0.3 is 0 Å². The van der Waals surface area contributed by atoms with Crippen LogP contribution in [0.3, 0.4) is 0 Å². The van der Waals surface area contributed by atoms with E-state index in [9.17, 15) is 9.59 Å². The summed E-state index contributed by atoms with van der Waals surface area (Å²) in [5, 5.41) is 3.44. The van der Waals surface area contributed by atoms with Crippen LogP contribution in [-0.2, 0) is 9.59 Å². The molecule has 0 aliphatic carbocycles. The number of nitrogens with zero attached hydrogens (tertiary/aromatic N) is 3. The zero-order chi connectivity index (χ0) is 42.2. The van der Waals surface area contributed by atoms with Crippen molar-refractivity contribution < 1.29 is 28.5 Å². The Morgan fingerprint density at radius 3 is 1.17 bits per heavy atom. The average Bonchev–Trinajstić information content (AvgIpc) is 3.60. The van der Waals surface area contributed by atoms with Crippen LogP contribution in [0.4, 0.5) is 34.1 Å². The third kappa shape index (κ3) is 8.13. The van der Waals surface area contributed by atoms with Crippen molar-refractivity contribution in [1.29, 1.82) is 0 Å². The maximum Gasteiger partial charge on any atom is 0.261 e. The number of hydrogen-bond donors (Lipinski definition) is 1. The lowest BCUT2D eigenvalue weighted by Crippen LogP contribution is -2.27. The summed E-state index contributed by atoms with van der Waals surface area (Å²) in [4.78, 5) is 33.6. The monoisotopic (exact) mass is 800 g/mol. The standard InChI is InChI=1S/C50H48N4O6/c1-7-51-48(34-9-13-36(14-10-34)53(38-17-25-42(57-3)26-18-38)39-19-27-43(58-4)28-20-39)47-46(33-55)49(52(8-2)50(47)56)35-11-15-37(16-12-35)54(40-21-29-44(59-5)30-22-40)41-23-31-45(60-6)32-24-41/h9-33,51H,7-8H2,1-6H3/b48-47+. The molecule has 0 unspecified atom stereocenters. The molecule has 7 rings (SSSR count). The highest BCUT2D eigenvalue weighted by atomic mass is 16.5. The Morgan fingerprint density at radius 2 is 0.867 bits per heavy atom. The summed E-state index contributed by atoms with van der Waals surface area (Å²) in [5.74, 6) is 2.78. The minimum Gasteiger partial charge on any atom is -0.497 e. The number of ether oxygens (including phenoxy) is 4. The second-order valence-corrected chi connectivity index (χ2v) is 13.8. The first-order valence-electron chi connectivity index (χ1n) is 19.7. The van der Waals surface area contributed by atoms with Gasteiger partial charge in [0.25, 0.3) is 5.91 Å². The summed E-state index contributed by atoms with van der Waals surface area (Å²) in [7, 11) is 6.58. The van der Waals surface area contributed by atoms with E-state index in [-0.39, 0.29) is 5.91 Å². The van der Waals surface area contributed by atoms with Gasteiger partial charge < -0.3 is 39.0 Å². The summed E-state index contributed by atoms with van der Waals surface area (Å²) in [6.07, 6.45) is 0.800. The number of amides is 1. The Labute approximate surface area is 351 Å². The van der Waals surface area contributed by atoms with Crippen LogP contribution >= 0.6 is 0 Å². The number of likely N-dealkylation sites (N-methyl/N-ethyl adjacent to an activating group) is 1. The van der Waals surface area contributed by atoms with Gasteiger partial charge in [-0.15, -0.1) is 0 Å². The summed E-state index contributed by atoms with van der Waals surface area (Å²) >= 11 is 0. The van der Waals surface area contributed by atoms with Crippen molar-refractivity contribution in [2.75, 3.05) is 51.3 Å². The molecule has 1 aliphatic rings. The predicted molar refractivity (Wildman–Crippen MR) is 239 cm³/mol. The van der Waals surface area contributed by atoms with Crippen LogP contribution in [-0.4, -0.2) is 58.6 Å². The Hall–Kier alpha value is -7.46. The lowest BCUT2D eigenvalue weighted by molar-refractivity contribution is -0.123. The van der Waals surface area contributed by atoms with Gasteiger partial charge in [0.1, 0.15) is 23.0 Å². The molecule has 0 atom stereocenters. The van der Waals surface area contributed by atoms with Gasteiger partial charge in [-0.05, 0) is 146 Å². The number of benzene rings is 6. The van der Waals surface area contributed by atoms with Gasteiger partial charge in [-0.2, -0.15) is 0 Å². The lowest BCUT2D eigenvalue weighted by atomic mass is 9.98. The molecule has 1 amide bonds. The van der Waals surface area contributed by atoms with Crippen LogP contribution in [0.2, 0.25) is 0 Å². The molecule has 304 valence electrons. The molecule has 0 aromatic heterocycles. The SMILES string of the molecule is CCN/C(=C1/C(=O)N(CC)C(c2ccc(N(c3ccc(OC)cc3)c3ccc(OC)cc3)cc2)=C1C=O)c1ccc(N(c2ccc(OC)cc2)c2ccc(OC)cc2)cc1. The first-order chi connectivity index (χ1) is 29.3. The Kier molecular flexibility index (Phi) is 12.5. The second kappa shape index (κ2) is 18.4. The fourth-order valence-corrected chi connectivity index (χ4v) is 7.46. The largest absolute Gasteiger partial charge is 0.497 e. The number of anilines is 6. The second-order valence-electron chi connectivity index (χ2n) is 13.8.